The summed E-state index contributed by atoms with van der Waals surface area (Å²) in [6.45, 7) is 0.387. The van der Waals surface area contributed by atoms with Gasteiger partial charge in [-0.05, 0) is 25.0 Å². The fourth-order valence-electron chi connectivity index (χ4n) is 2.42. The molecule has 4 N–H and O–H groups in total. The van der Waals surface area contributed by atoms with Crippen LogP contribution in [-0.4, -0.2) is 17.6 Å². The highest BCUT2D eigenvalue weighted by Crippen LogP contribution is 2.38. The van der Waals surface area contributed by atoms with Gasteiger partial charge in [0, 0.05) is 18.3 Å². The molecule has 4 nitrogen and oxygen atoms in total. The lowest BCUT2D eigenvalue weighted by molar-refractivity contribution is -0.124. The van der Waals surface area contributed by atoms with Crippen molar-refractivity contribution in [2.24, 2.45) is 11.1 Å². The highest BCUT2D eigenvalue weighted by molar-refractivity contribution is 5.95. The molecule has 0 atom stereocenters. The molecule has 1 saturated carbocycles. The average Bonchev–Trinajstić information content (AvgIpc) is 2.78. The first kappa shape index (κ1) is 14.8. The molecule has 0 saturated heterocycles. The van der Waals surface area contributed by atoms with Crippen LogP contribution in [0.15, 0.2) is 24.3 Å². The van der Waals surface area contributed by atoms with Gasteiger partial charge in [0.25, 0.3) is 0 Å². The number of nitrogens with one attached hydrogen (secondary N) is 1. The molecule has 1 aliphatic carbocycles. The molecule has 100 valence electrons. The van der Waals surface area contributed by atoms with Crippen LogP contribution in [0.4, 0.5) is 5.69 Å². The molecule has 0 radical (unpaired) electrons. The number of phenolic OH excluding ortho intramolecular Hbond substituents is 1. The number of carbonyl (C=O) groups is 1. The molecule has 0 aliphatic heterocycles. The van der Waals surface area contributed by atoms with Crippen molar-refractivity contribution in [1.82, 2.24) is 0 Å². The lowest BCUT2D eigenvalue weighted by Crippen LogP contribution is -2.40. The van der Waals surface area contributed by atoms with E-state index in [1.807, 2.05) is 0 Å². The summed E-state index contributed by atoms with van der Waals surface area (Å²) in [5, 5.41) is 12.2. The van der Waals surface area contributed by atoms with Gasteiger partial charge in [-0.3, -0.25) is 4.79 Å². The maximum absolute atomic E-state index is 12.2. The summed E-state index contributed by atoms with van der Waals surface area (Å²) in [6, 6.07) is 6.58. The van der Waals surface area contributed by atoms with Crippen molar-refractivity contribution in [3.05, 3.63) is 24.3 Å². The van der Waals surface area contributed by atoms with Crippen molar-refractivity contribution >= 4 is 24.0 Å². The Balaban J connectivity index is 0.00000162. The monoisotopic (exact) mass is 270 g/mol. The lowest BCUT2D eigenvalue weighted by Gasteiger charge is -2.25. The van der Waals surface area contributed by atoms with E-state index in [4.69, 9.17) is 5.73 Å². The molecule has 0 bridgehead atoms. The average molecular weight is 271 g/mol. The third-order valence-corrected chi connectivity index (χ3v) is 3.54. The number of rotatable bonds is 3. The van der Waals surface area contributed by atoms with E-state index in [2.05, 4.69) is 5.32 Å². The fraction of sp³-hybridized carbons (Fsp3) is 0.462. The molecule has 1 aromatic rings. The Morgan fingerprint density at radius 2 is 2.06 bits per heavy atom. The summed E-state index contributed by atoms with van der Waals surface area (Å²) < 4.78 is 0. The third kappa shape index (κ3) is 2.94. The van der Waals surface area contributed by atoms with Crippen molar-refractivity contribution in [3.8, 4) is 5.75 Å². The van der Waals surface area contributed by atoms with Crippen LogP contribution in [0.2, 0.25) is 0 Å². The van der Waals surface area contributed by atoms with E-state index >= 15 is 0 Å². The molecule has 2 rings (SSSR count). The minimum Gasteiger partial charge on any atom is -0.508 e. The highest BCUT2D eigenvalue weighted by Gasteiger charge is 2.39. The second-order valence-electron chi connectivity index (χ2n) is 4.70. The Kier molecular flexibility index (Phi) is 4.99. The van der Waals surface area contributed by atoms with Crippen molar-refractivity contribution in [2.75, 3.05) is 11.9 Å². The van der Waals surface area contributed by atoms with Gasteiger partial charge in [0.15, 0.2) is 0 Å². The zero-order valence-electron chi connectivity index (χ0n) is 10.2. The quantitative estimate of drug-likeness (QED) is 0.789. The van der Waals surface area contributed by atoms with E-state index < -0.39 is 5.41 Å². The van der Waals surface area contributed by atoms with Gasteiger partial charge in [0.1, 0.15) is 5.75 Å². The first-order valence-corrected chi connectivity index (χ1v) is 5.97. The predicted octanol–water partition coefficient (Wildman–Crippen LogP) is 2.27. The molecule has 1 aliphatic rings. The third-order valence-electron chi connectivity index (χ3n) is 3.54. The second-order valence-corrected chi connectivity index (χ2v) is 4.70. The van der Waals surface area contributed by atoms with E-state index in [1.165, 1.54) is 6.07 Å². The molecule has 1 aromatic carbocycles. The number of anilines is 1. The van der Waals surface area contributed by atoms with Gasteiger partial charge >= 0.3 is 0 Å². The maximum atomic E-state index is 12.2. The highest BCUT2D eigenvalue weighted by atomic mass is 35.5. The van der Waals surface area contributed by atoms with E-state index in [0.717, 1.165) is 25.7 Å². The zero-order chi connectivity index (χ0) is 12.3. The van der Waals surface area contributed by atoms with Gasteiger partial charge in [-0.15, -0.1) is 12.4 Å². The zero-order valence-corrected chi connectivity index (χ0v) is 11.0. The van der Waals surface area contributed by atoms with Crippen LogP contribution in [0.3, 0.4) is 0 Å². The molecule has 1 amide bonds. The smallest absolute Gasteiger partial charge is 0.231 e. The van der Waals surface area contributed by atoms with E-state index in [1.54, 1.807) is 18.2 Å². The number of halogens is 1. The summed E-state index contributed by atoms with van der Waals surface area (Å²) in [5.74, 6) is 0.124. The maximum Gasteiger partial charge on any atom is 0.231 e. The molecular formula is C13H19ClN2O2. The fourth-order valence-corrected chi connectivity index (χ4v) is 2.42. The molecule has 18 heavy (non-hydrogen) atoms. The number of nitrogens with two attached hydrogens (primary N) is 1. The summed E-state index contributed by atoms with van der Waals surface area (Å²) in [5.41, 5.74) is 5.95. The second kappa shape index (κ2) is 6.07. The standard InChI is InChI=1S/C13H18N2O2.ClH/c14-9-13(6-1-2-7-13)12(17)15-10-4-3-5-11(16)8-10;/h3-5,8,16H,1-2,6-7,9,14H2,(H,15,17);1H. The molecular weight excluding hydrogens is 252 g/mol. The summed E-state index contributed by atoms with van der Waals surface area (Å²) in [4.78, 5) is 12.2. The first-order chi connectivity index (χ1) is 8.16. The summed E-state index contributed by atoms with van der Waals surface area (Å²) in [6.07, 6.45) is 3.83. The van der Waals surface area contributed by atoms with E-state index in [-0.39, 0.29) is 24.1 Å². The lowest BCUT2D eigenvalue weighted by atomic mass is 9.85. The largest absolute Gasteiger partial charge is 0.508 e. The van der Waals surface area contributed by atoms with Crippen LogP contribution in [0.5, 0.6) is 5.75 Å². The van der Waals surface area contributed by atoms with Crippen LogP contribution in [-0.2, 0) is 4.79 Å². The molecule has 1 fully saturated rings. The number of carbonyl (C=O) groups excluding carboxylic acids is 1. The van der Waals surface area contributed by atoms with Gasteiger partial charge < -0.3 is 16.2 Å². The molecule has 5 heteroatoms. The number of hydrogen-bond acceptors (Lipinski definition) is 3. The Bertz CT molecular complexity index is 417. The van der Waals surface area contributed by atoms with Gasteiger partial charge in [-0.2, -0.15) is 0 Å². The van der Waals surface area contributed by atoms with Crippen molar-refractivity contribution in [3.63, 3.8) is 0 Å². The van der Waals surface area contributed by atoms with Crippen molar-refractivity contribution in [2.45, 2.75) is 25.7 Å². The number of hydrogen-bond donors (Lipinski definition) is 3. The SMILES string of the molecule is Cl.NCC1(C(=O)Nc2cccc(O)c2)CCCC1. The van der Waals surface area contributed by atoms with Gasteiger partial charge in [-0.1, -0.05) is 18.9 Å². The Hall–Kier alpha value is -1.26. The number of aromatic hydroxyl groups is 1. The van der Waals surface area contributed by atoms with Crippen LogP contribution in [0.25, 0.3) is 0 Å². The first-order valence-electron chi connectivity index (χ1n) is 5.97. The Morgan fingerprint density at radius 1 is 1.39 bits per heavy atom. The minimum absolute atomic E-state index is 0. The minimum atomic E-state index is -0.411. The Labute approximate surface area is 113 Å². The van der Waals surface area contributed by atoms with E-state index in [9.17, 15) is 9.90 Å². The molecule has 0 aromatic heterocycles. The molecule has 0 heterocycles. The van der Waals surface area contributed by atoms with Crippen molar-refractivity contribution in [1.29, 1.82) is 0 Å². The normalized spacial score (nSPS) is 16.9. The van der Waals surface area contributed by atoms with Gasteiger partial charge in [-0.25, -0.2) is 0 Å². The Morgan fingerprint density at radius 3 is 2.61 bits per heavy atom. The number of benzene rings is 1. The molecule has 0 spiro atoms. The topological polar surface area (TPSA) is 75.4 Å². The van der Waals surface area contributed by atoms with Crippen LogP contribution < -0.4 is 11.1 Å². The van der Waals surface area contributed by atoms with Gasteiger partial charge in [0.2, 0.25) is 5.91 Å². The number of amides is 1. The van der Waals surface area contributed by atoms with Crippen LogP contribution in [0, 0.1) is 5.41 Å². The van der Waals surface area contributed by atoms with Crippen LogP contribution in [0.1, 0.15) is 25.7 Å². The van der Waals surface area contributed by atoms with Crippen LogP contribution >= 0.6 is 12.4 Å². The van der Waals surface area contributed by atoms with Crippen molar-refractivity contribution < 1.29 is 9.90 Å². The molecule has 0 unspecified atom stereocenters. The predicted molar refractivity (Wildman–Crippen MR) is 73.9 cm³/mol. The summed E-state index contributed by atoms with van der Waals surface area (Å²) in [7, 11) is 0. The van der Waals surface area contributed by atoms with Gasteiger partial charge in [0.05, 0.1) is 5.41 Å². The summed E-state index contributed by atoms with van der Waals surface area (Å²) >= 11 is 0. The number of phenols is 1. The van der Waals surface area contributed by atoms with E-state index in [0.29, 0.717) is 12.2 Å².